The predicted octanol–water partition coefficient (Wildman–Crippen LogP) is 0.415. The molecule has 2 fully saturated rings. The summed E-state index contributed by atoms with van der Waals surface area (Å²) in [4.78, 5) is 12.5. The van der Waals surface area contributed by atoms with E-state index in [2.05, 4.69) is 6.42 Å². The Kier molecular flexibility index (Phi) is 0.917. The number of carbonyl (C=O) groups excluding carboxylic acids is 1. The van der Waals surface area contributed by atoms with Crippen LogP contribution in [0.1, 0.15) is 6.42 Å². The van der Waals surface area contributed by atoms with Gasteiger partial charge in [0.05, 0.1) is 6.04 Å². The van der Waals surface area contributed by atoms with Crippen molar-refractivity contribution in [2.75, 3.05) is 13.2 Å². The van der Waals surface area contributed by atoms with Gasteiger partial charge in [0.25, 0.3) is 0 Å². The summed E-state index contributed by atoms with van der Waals surface area (Å²) in [5.41, 5.74) is 0. The van der Waals surface area contributed by atoms with Gasteiger partial charge in [0.15, 0.2) is 0 Å². The van der Waals surface area contributed by atoms with Crippen molar-refractivity contribution in [2.45, 2.75) is 12.5 Å². The molecule has 9 heavy (non-hydrogen) atoms. The fraction of sp³-hybridized carbons (Fsp3) is 0.667. The highest BCUT2D eigenvalue weighted by Gasteiger charge is 2.36. The first-order valence-electron chi connectivity index (χ1n) is 3.13. The van der Waals surface area contributed by atoms with Crippen molar-refractivity contribution in [3.8, 4) is 0 Å². The fourth-order valence-corrected chi connectivity index (χ4v) is 1.31. The van der Waals surface area contributed by atoms with Crippen molar-refractivity contribution in [2.24, 2.45) is 0 Å². The van der Waals surface area contributed by atoms with Gasteiger partial charge in [-0.15, -0.1) is 0 Å². The van der Waals surface area contributed by atoms with Gasteiger partial charge in [-0.05, 0) is 12.8 Å². The maximum Gasteiger partial charge on any atom is 0.410 e. The van der Waals surface area contributed by atoms with Gasteiger partial charge in [-0.25, -0.2) is 4.79 Å². The minimum atomic E-state index is -0.145. The van der Waals surface area contributed by atoms with Gasteiger partial charge in [-0.3, -0.25) is 0 Å². The van der Waals surface area contributed by atoms with Crippen LogP contribution in [0.3, 0.4) is 0 Å². The monoisotopic (exact) mass is 126 g/mol. The molecule has 2 aliphatic rings. The largest absolute Gasteiger partial charge is 0.447 e. The zero-order valence-corrected chi connectivity index (χ0v) is 5.04. The summed E-state index contributed by atoms with van der Waals surface area (Å²) in [5.74, 6) is 0. The molecule has 2 aliphatic heterocycles. The van der Waals surface area contributed by atoms with Crippen LogP contribution < -0.4 is 0 Å². The molecule has 0 aliphatic carbocycles. The van der Waals surface area contributed by atoms with Crippen LogP contribution >= 0.6 is 0 Å². The lowest BCUT2D eigenvalue weighted by molar-refractivity contribution is 0.160. The van der Waals surface area contributed by atoms with Gasteiger partial charge in [0.1, 0.15) is 6.61 Å². The highest BCUT2D eigenvalue weighted by atomic mass is 16.6. The second-order valence-corrected chi connectivity index (χ2v) is 2.41. The highest BCUT2D eigenvalue weighted by molar-refractivity contribution is 5.70. The Hall–Kier alpha value is -0.730. The number of nitrogens with zero attached hydrogens (tertiary/aromatic N) is 1. The third-order valence-corrected chi connectivity index (χ3v) is 1.84. The van der Waals surface area contributed by atoms with Gasteiger partial charge in [-0.1, -0.05) is 0 Å². The SMILES string of the molecule is O=C1OC[C@@H]2C[CH]CN12. The fourth-order valence-electron chi connectivity index (χ4n) is 1.31. The lowest BCUT2D eigenvalue weighted by Gasteiger charge is -2.08. The van der Waals surface area contributed by atoms with Gasteiger partial charge < -0.3 is 9.64 Å². The highest BCUT2D eigenvalue weighted by Crippen LogP contribution is 2.22. The summed E-state index contributed by atoms with van der Waals surface area (Å²) in [5, 5.41) is 0. The summed E-state index contributed by atoms with van der Waals surface area (Å²) >= 11 is 0. The summed E-state index contributed by atoms with van der Waals surface area (Å²) in [6.45, 7) is 1.37. The molecule has 1 atom stereocenters. The average molecular weight is 126 g/mol. The Morgan fingerprint density at radius 2 is 2.67 bits per heavy atom. The molecule has 0 spiro atoms. The third-order valence-electron chi connectivity index (χ3n) is 1.84. The zero-order chi connectivity index (χ0) is 6.27. The Labute approximate surface area is 53.6 Å². The van der Waals surface area contributed by atoms with E-state index in [-0.39, 0.29) is 6.09 Å². The van der Waals surface area contributed by atoms with Crippen LogP contribution in [0, 0.1) is 6.42 Å². The first-order chi connectivity index (χ1) is 4.38. The smallest absolute Gasteiger partial charge is 0.410 e. The molecule has 0 saturated carbocycles. The number of fused-ring (bicyclic) bond motifs is 1. The molecular weight excluding hydrogens is 118 g/mol. The van der Waals surface area contributed by atoms with Crippen LogP contribution in [-0.4, -0.2) is 30.2 Å². The molecule has 0 bridgehead atoms. The van der Waals surface area contributed by atoms with E-state index in [1.807, 2.05) is 0 Å². The molecule has 2 rings (SSSR count). The molecule has 0 aromatic rings. The standard InChI is InChI=1S/C6H8NO2/c8-6-7-3-1-2-5(7)4-9-6/h1,5H,2-4H2/t5-/m0/s1. The first-order valence-corrected chi connectivity index (χ1v) is 3.13. The Morgan fingerprint density at radius 3 is 3.44 bits per heavy atom. The number of amides is 1. The topological polar surface area (TPSA) is 29.5 Å². The summed E-state index contributed by atoms with van der Waals surface area (Å²) in [6.07, 6.45) is 2.98. The molecule has 2 heterocycles. The van der Waals surface area contributed by atoms with E-state index in [4.69, 9.17) is 4.74 Å². The van der Waals surface area contributed by atoms with Crippen molar-refractivity contribution in [1.82, 2.24) is 4.90 Å². The molecule has 2 saturated heterocycles. The number of rotatable bonds is 0. The van der Waals surface area contributed by atoms with Crippen molar-refractivity contribution in [1.29, 1.82) is 0 Å². The first kappa shape index (κ1) is 5.09. The molecule has 49 valence electrons. The molecule has 3 nitrogen and oxygen atoms in total. The van der Waals surface area contributed by atoms with Crippen molar-refractivity contribution >= 4 is 6.09 Å². The number of hydrogen-bond acceptors (Lipinski definition) is 2. The maximum absolute atomic E-state index is 10.7. The summed E-state index contributed by atoms with van der Waals surface area (Å²) in [7, 11) is 0. The summed E-state index contributed by atoms with van der Waals surface area (Å²) in [6, 6.07) is 0.359. The Morgan fingerprint density at radius 1 is 1.78 bits per heavy atom. The molecule has 1 amide bonds. The van der Waals surface area contributed by atoms with Gasteiger partial charge >= 0.3 is 6.09 Å². The molecule has 0 N–H and O–H groups in total. The Balaban J connectivity index is 2.15. The van der Waals surface area contributed by atoms with Crippen LogP contribution in [0.5, 0.6) is 0 Å². The minimum absolute atomic E-state index is 0.145. The van der Waals surface area contributed by atoms with Gasteiger partial charge in [0, 0.05) is 6.54 Å². The third kappa shape index (κ3) is 0.605. The van der Waals surface area contributed by atoms with Crippen LogP contribution in [0.25, 0.3) is 0 Å². The van der Waals surface area contributed by atoms with Gasteiger partial charge in [0.2, 0.25) is 0 Å². The van der Waals surface area contributed by atoms with E-state index in [1.165, 1.54) is 0 Å². The van der Waals surface area contributed by atoms with Crippen molar-refractivity contribution < 1.29 is 9.53 Å². The number of carbonyl (C=O) groups is 1. The van der Waals surface area contributed by atoms with E-state index < -0.39 is 0 Å². The molecule has 0 aromatic heterocycles. The second-order valence-electron chi connectivity index (χ2n) is 2.41. The maximum atomic E-state index is 10.7. The van der Waals surface area contributed by atoms with E-state index in [0.717, 1.165) is 13.0 Å². The number of cyclic esters (lactones) is 1. The number of ether oxygens (including phenoxy) is 1. The molecule has 0 aromatic carbocycles. The van der Waals surface area contributed by atoms with E-state index >= 15 is 0 Å². The van der Waals surface area contributed by atoms with E-state index in [0.29, 0.717) is 12.6 Å². The molecular formula is C6H8NO2. The second kappa shape index (κ2) is 1.62. The quantitative estimate of drug-likeness (QED) is 0.470. The van der Waals surface area contributed by atoms with Crippen molar-refractivity contribution in [3.63, 3.8) is 0 Å². The normalized spacial score (nSPS) is 32.7. The summed E-state index contributed by atoms with van der Waals surface area (Å²) < 4.78 is 4.79. The van der Waals surface area contributed by atoms with Crippen LogP contribution in [0.15, 0.2) is 0 Å². The van der Waals surface area contributed by atoms with E-state index in [9.17, 15) is 4.79 Å². The number of hydrogen-bond donors (Lipinski definition) is 0. The predicted molar refractivity (Wildman–Crippen MR) is 30.8 cm³/mol. The lowest BCUT2D eigenvalue weighted by Crippen LogP contribution is -2.26. The molecule has 0 unspecified atom stereocenters. The van der Waals surface area contributed by atoms with Crippen LogP contribution in [-0.2, 0) is 4.74 Å². The minimum Gasteiger partial charge on any atom is -0.447 e. The zero-order valence-electron chi connectivity index (χ0n) is 5.04. The van der Waals surface area contributed by atoms with Crippen LogP contribution in [0.2, 0.25) is 0 Å². The lowest BCUT2D eigenvalue weighted by atomic mass is 10.2. The molecule has 3 heteroatoms. The van der Waals surface area contributed by atoms with Crippen LogP contribution in [0.4, 0.5) is 4.79 Å². The average Bonchev–Trinajstić information content (AvgIpc) is 2.35. The van der Waals surface area contributed by atoms with Crippen molar-refractivity contribution in [3.05, 3.63) is 6.42 Å². The van der Waals surface area contributed by atoms with Gasteiger partial charge in [-0.2, -0.15) is 0 Å². The van der Waals surface area contributed by atoms with E-state index in [1.54, 1.807) is 4.90 Å². The molecule has 1 radical (unpaired) electrons. The Bertz CT molecular complexity index is 146.